The van der Waals surface area contributed by atoms with Crippen LogP contribution in [0.1, 0.15) is 18.2 Å². The summed E-state index contributed by atoms with van der Waals surface area (Å²) >= 11 is 0. The van der Waals surface area contributed by atoms with Gasteiger partial charge < -0.3 is 13.6 Å². The van der Waals surface area contributed by atoms with Crippen molar-refractivity contribution < 1.29 is 4.42 Å². The first-order valence-corrected chi connectivity index (χ1v) is 19.4. The molecule has 5 heteroatoms. The van der Waals surface area contributed by atoms with Crippen LogP contribution in [0, 0.1) is 0 Å². The highest BCUT2D eigenvalue weighted by molar-refractivity contribution is 6.12. The van der Waals surface area contributed by atoms with Crippen molar-refractivity contribution in [2.24, 2.45) is 0 Å². The van der Waals surface area contributed by atoms with Crippen molar-refractivity contribution in [3.63, 3.8) is 0 Å². The Bertz CT molecular complexity index is 3340. The minimum atomic E-state index is 0.659. The van der Waals surface area contributed by atoms with Gasteiger partial charge >= 0.3 is 0 Å². The molecule has 0 saturated heterocycles. The smallest absolute Gasteiger partial charge is 0.180 e. The van der Waals surface area contributed by atoms with Gasteiger partial charge in [0.25, 0.3) is 0 Å². The molecule has 10 aromatic rings. The maximum Gasteiger partial charge on any atom is 0.180 e. The zero-order valence-electron chi connectivity index (χ0n) is 32.1. The minimum Gasteiger partial charge on any atom is -0.452 e. The molecule has 0 aliphatic carbocycles. The monoisotopic (exact) mass is 746 g/mol. The molecule has 10 rings (SSSR count). The Morgan fingerprint density at radius 2 is 1.29 bits per heavy atom. The number of benzene rings is 6. The number of fused-ring (bicyclic) bond motifs is 7. The van der Waals surface area contributed by atoms with Crippen molar-refractivity contribution in [3.8, 4) is 39.5 Å². The van der Waals surface area contributed by atoms with Gasteiger partial charge in [0.2, 0.25) is 0 Å². The van der Waals surface area contributed by atoms with E-state index in [1.165, 1.54) is 10.8 Å². The lowest BCUT2D eigenvalue weighted by atomic mass is 10.00. The highest BCUT2D eigenvalue weighted by atomic mass is 16.3. The topological polar surface area (TPSA) is 48.8 Å². The van der Waals surface area contributed by atoms with Crippen molar-refractivity contribution in [2.45, 2.75) is 6.92 Å². The molecule has 0 N–H and O–H groups in total. The predicted molar refractivity (Wildman–Crippen MR) is 245 cm³/mol. The van der Waals surface area contributed by atoms with Crippen LogP contribution in [-0.2, 0) is 0 Å². The molecule has 0 spiro atoms. The lowest BCUT2D eigenvalue weighted by Gasteiger charge is -2.11. The molecule has 0 fully saturated rings. The normalized spacial score (nSPS) is 12.1. The average molecular weight is 747 g/mol. The predicted octanol–water partition coefficient (Wildman–Crippen LogP) is 14.3. The molecule has 6 aromatic carbocycles. The van der Waals surface area contributed by atoms with Gasteiger partial charge in [-0.3, -0.25) is 0 Å². The van der Waals surface area contributed by atoms with E-state index in [0.717, 1.165) is 89.0 Å². The summed E-state index contributed by atoms with van der Waals surface area (Å²) in [5, 5.41) is 4.39. The van der Waals surface area contributed by atoms with Gasteiger partial charge in [-0.15, -0.1) is 0 Å². The van der Waals surface area contributed by atoms with Gasteiger partial charge in [0.1, 0.15) is 16.8 Å². The van der Waals surface area contributed by atoms with E-state index in [4.69, 9.17) is 14.4 Å². The highest BCUT2D eigenvalue weighted by Crippen LogP contribution is 2.40. The largest absolute Gasteiger partial charge is 0.452 e. The number of hydrogen-bond donors (Lipinski definition) is 0. The van der Waals surface area contributed by atoms with Crippen LogP contribution in [0.5, 0.6) is 0 Å². The van der Waals surface area contributed by atoms with Crippen LogP contribution in [-0.4, -0.2) is 19.1 Å². The number of hydrogen-bond acceptors (Lipinski definition) is 3. The molecule has 4 heterocycles. The first-order valence-electron chi connectivity index (χ1n) is 19.4. The van der Waals surface area contributed by atoms with Crippen LogP contribution >= 0.6 is 0 Å². The van der Waals surface area contributed by atoms with Gasteiger partial charge in [-0.1, -0.05) is 129 Å². The number of aromatic nitrogens is 4. The van der Waals surface area contributed by atoms with E-state index in [1.807, 2.05) is 85.8 Å². The molecule has 0 saturated carbocycles. The standard InChI is InChI=1S/C53H38N4O/c1-5-17-38(18-6-2)56-45(8-4)40(7-3)42-31-36(25-28-47(42)56)37-26-29-48-43(32-37)41-23-15-16-24-46(41)57(48)39-27-30-49-44(33-39)51-52(58-49)50(34-19-11-9-12-20-34)54-53(55-51)35-21-13-10-14-22-35/h5-33H,1,3-4H2,2H3/b18-6-,38-17+. The fraction of sp³-hybridized carbons (Fsp3) is 0.0189. The van der Waals surface area contributed by atoms with Gasteiger partial charge in [-0.25, -0.2) is 9.97 Å². The van der Waals surface area contributed by atoms with Crippen molar-refractivity contribution in [3.05, 3.63) is 195 Å². The lowest BCUT2D eigenvalue weighted by molar-refractivity contribution is 0.667. The molecular formula is C53H38N4O. The van der Waals surface area contributed by atoms with Crippen LogP contribution in [0.2, 0.25) is 0 Å². The Kier molecular flexibility index (Phi) is 8.42. The number of nitrogens with zero attached hydrogens (tertiary/aromatic N) is 4. The van der Waals surface area contributed by atoms with E-state index in [2.05, 4.69) is 126 Å². The van der Waals surface area contributed by atoms with E-state index in [9.17, 15) is 0 Å². The lowest BCUT2D eigenvalue weighted by Crippen LogP contribution is -1.97. The SMILES string of the molecule is C=C/C=C(\C=C/C)n1c(C=C)c(C=C)c2cc(-c3ccc4c(c3)c3ccccc3n4-c3ccc4oc5c(-c6ccccc6)nc(-c6ccccc6)nc5c4c3)ccc21. The molecule has 5 nitrogen and oxygen atoms in total. The quantitative estimate of drug-likeness (QED) is 0.138. The third kappa shape index (κ3) is 5.47. The molecule has 0 aliphatic rings. The molecule has 276 valence electrons. The van der Waals surface area contributed by atoms with Crippen LogP contribution in [0.3, 0.4) is 0 Å². The van der Waals surface area contributed by atoms with Gasteiger partial charge in [0, 0.05) is 49.6 Å². The van der Waals surface area contributed by atoms with Crippen molar-refractivity contribution in [1.29, 1.82) is 0 Å². The zero-order valence-corrected chi connectivity index (χ0v) is 32.1. The molecule has 0 amide bonds. The summed E-state index contributed by atoms with van der Waals surface area (Å²) in [7, 11) is 0. The summed E-state index contributed by atoms with van der Waals surface area (Å²) in [6, 6.07) is 48.8. The summed E-state index contributed by atoms with van der Waals surface area (Å²) in [6.07, 6.45) is 11.8. The van der Waals surface area contributed by atoms with Crippen molar-refractivity contribution in [1.82, 2.24) is 19.1 Å². The van der Waals surface area contributed by atoms with E-state index in [-0.39, 0.29) is 0 Å². The van der Waals surface area contributed by atoms with Gasteiger partial charge in [-0.2, -0.15) is 0 Å². The molecular weight excluding hydrogens is 709 g/mol. The van der Waals surface area contributed by atoms with Crippen LogP contribution in [0.25, 0.3) is 112 Å². The summed E-state index contributed by atoms with van der Waals surface area (Å²) in [5.41, 5.74) is 14.6. The number of furan rings is 1. The number of allylic oxidation sites excluding steroid dienone is 5. The Morgan fingerprint density at radius 3 is 2.02 bits per heavy atom. The molecule has 0 unspecified atom stereocenters. The Hall–Kier alpha value is -7.76. The fourth-order valence-electron chi connectivity index (χ4n) is 8.41. The average Bonchev–Trinajstić information content (AvgIpc) is 3.93. The maximum absolute atomic E-state index is 6.58. The van der Waals surface area contributed by atoms with E-state index >= 15 is 0 Å². The summed E-state index contributed by atoms with van der Waals surface area (Å²) in [6.45, 7) is 14.3. The zero-order chi connectivity index (χ0) is 39.3. The van der Waals surface area contributed by atoms with E-state index in [1.54, 1.807) is 0 Å². The third-order valence-electron chi connectivity index (χ3n) is 11.0. The van der Waals surface area contributed by atoms with Gasteiger partial charge in [-0.05, 0) is 84.8 Å². The first kappa shape index (κ1) is 34.7. The summed E-state index contributed by atoms with van der Waals surface area (Å²) < 4.78 is 11.1. The first-order chi connectivity index (χ1) is 28.6. The van der Waals surface area contributed by atoms with E-state index < -0.39 is 0 Å². The molecule has 0 atom stereocenters. The van der Waals surface area contributed by atoms with Crippen LogP contribution in [0.4, 0.5) is 0 Å². The highest BCUT2D eigenvalue weighted by Gasteiger charge is 2.21. The van der Waals surface area contributed by atoms with Crippen LogP contribution in [0.15, 0.2) is 188 Å². The maximum atomic E-state index is 6.58. The van der Waals surface area contributed by atoms with Crippen molar-refractivity contribution >= 4 is 72.6 Å². The second-order valence-corrected chi connectivity index (χ2v) is 14.3. The van der Waals surface area contributed by atoms with Gasteiger partial charge in [0.15, 0.2) is 11.4 Å². The molecule has 0 radical (unpaired) electrons. The Balaban J connectivity index is 1.15. The summed E-state index contributed by atoms with van der Waals surface area (Å²) in [4.78, 5) is 10.2. The fourth-order valence-corrected chi connectivity index (χ4v) is 8.41. The molecule has 0 aliphatic heterocycles. The number of para-hydroxylation sites is 1. The van der Waals surface area contributed by atoms with Crippen molar-refractivity contribution in [2.75, 3.05) is 0 Å². The van der Waals surface area contributed by atoms with Crippen LogP contribution < -0.4 is 0 Å². The Morgan fingerprint density at radius 1 is 0.603 bits per heavy atom. The van der Waals surface area contributed by atoms with Gasteiger partial charge in [0.05, 0.1) is 22.2 Å². The Labute approximate surface area is 336 Å². The molecule has 4 aromatic heterocycles. The second kappa shape index (κ2) is 14.1. The second-order valence-electron chi connectivity index (χ2n) is 14.3. The number of rotatable bonds is 9. The summed E-state index contributed by atoms with van der Waals surface area (Å²) in [5.74, 6) is 0.659. The molecule has 58 heavy (non-hydrogen) atoms. The molecule has 0 bridgehead atoms. The van der Waals surface area contributed by atoms with E-state index in [0.29, 0.717) is 11.4 Å². The minimum absolute atomic E-state index is 0.659. The third-order valence-corrected chi connectivity index (χ3v) is 11.0.